The number of hydrogen-bond acceptors (Lipinski definition) is 7. The molecule has 1 aromatic heterocycles. The van der Waals surface area contributed by atoms with Crippen molar-refractivity contribution in [3.05, 3.63) is 17.8 Å². The van der Waals surface area contributed by atoms with Crippen LogP contribution in [0, 0.1) is 0 Å². The summed E-state index contributed by atoms with van der Waals surface area (Å²) in [6.07, 6.45) is 6.01. The zero-order chi connectivity index (χ0) is 20.9. The second kappa shape index (κ2) is 9.79. The molecule has 1 unspecified atom stereocenters. The molecule has 1 atom stereocenters. The number of likely N-dealkylation sites (tertiary alicyclic amines) is 2. The molecule has 2 aliphatic heterocycles. The van der Waals surface area contributed by atoms with Crippen LogP contribution in [-0.2, 0) is 0 Å². The van der Waals surface area contributed by atoms with E-state index in [-0.39, 0.29) is 0 Å². The topological polar surface area (TPSA) is 62.8 Å². The van der Waals surface area contributed by atoms with Gasteiger partial charge >= 0.3 is 0 Å². The lowest BCUT2D eigenvalue weighted by Gasteiger charge is -2.30. The van der Waals surface area contributed by atoms with Crippen LogP contribution in [0.25, 0.3) is 10.9 Å². The first-order valence-corrected chi connectivity index (χ1v) is 11.3. The lowest BCUT2D eigenvalue weighted by molar-refractivity contribution is 0.249. The summed E-state index contributed by atoms with van der Waals surface area (Å²) in [7, 11) is 5.76. The van der Waals surface area contributed by atoms with E-state index < -0.39 is 0 Å². The van der Waals surface area contributed by atoms with Gasteiger partial charge in [0, 0.05) is 37.5 Å². The van der Waals surface area contributed by atoms with Gasteiger partial charge in [0.1, 0.15) is 0 Å². The Labute approximate surface area is 179 Å². The molecule has 3 heterocycles. The number of likely N-dealkylation sites (N-methyl/N-ethyl adjacent to an activating group) is 1. The summed E-state index contributed by atoms with van der Waals surface area (Å²) in [5, 5.41) is 4.19. The number of nitrogens with zero attached hydrogens (tertiary/aromatic N) is 4. The zero-order valence-electron chi connectivity index (χ0n) is 18.6. The SMILES string of the molecule is CNc1nc(C2CCCN(C)C2)c2cc(OC)c(OCCCN3CCCC3)cc2n1. The molecule has 0 bridgehead atoms. The maximum atomic E-state index is 6.13. The van der Waals surface area contributed by atoms with E-state index >= 15 is 0 Å². The number of fused-ring (bicyclic) bond motifs is 1. The van der Waals surface area contributed by atoms with Crippen molar-refractivity contribution in [3.8, 4) is 11.5 Å². The Morgan fingerprint density at radius 2 is 1.93 bits per heavy atom. The largest absolute Gasteiger partial charge is 0.493 e. The van der Waals surface area contributed by atoms with E-state index in [0.717, 1.165) is 60.6 Å². The van der Waals surface area contributed by atoms with Crippen LogP contribution in [0.5, 0.6) is 11.5 Å². The van der Waals surface area contributed by atoms with Crippen molar-refractivity contribution in [2.75, 3.05) is 65.9 Å². The van der Waals surface area contributed by atoms with E-state index in [1.807, 2.05) is 13.1 Å². The molecule has 0 aliphatic carbocycles. The van der Waals surface area contributed by atoms with E-state index in [9.17, 15) is 0 Å². The second-order valence-electron chi connectivity index (χ2n) is 8.55. The Hall–Kier alpha value is -2.12. The molecule has 0 saturated carbocycles. The zero-order valence-corrected chi connectivity index (χ0v) is 18.6. The van der Waals surface area contributed by atoms with E-state index in [2.05, 4.69) is 28.2 Å². The van der Waals surface area contributed by atoms with Gasteiger partial charge in [-0.2, -0.15) is 0 Å². The average molecular weight is 414 g/mol. The number of ether oxygens (including phenoxy) is 2. The van der Waals surface area contributed by atoms with Crippen molar-refractivity contribution in [1.82, 2.24) is 19.8 Å². The van der Waals surface area contributed by atoms with E-state index in [1.54, 1.807) is 7.11 Å². The highest BCUT2D eigenvalue weighted by Gasteiger charge is 2.24. The molecule has 0 spiro atoms. The fourth-order valence-corrected chi connectivity index (χ4v) is 4.72. The molecule has 2 saturated heterocycles. The van der Waals surface area contributed by atoms with E-state index in [1.165, 1.54) is 32.4 Å². The van der Waals surface area contributed by atoms with Gasteiger partial charge in [-0.15, -0.1) is 0 Å². The highest BCUT2D eigenvalue weighted by atomic mass is 16.5. The molecule has 164 valence electrons. The monoisotopic (exact) mass is 413 g/mol. The van der Waals surface area contributed by atoms with Gasteiger partial charge < -0.3 is 24.6 Å². The first-order chi connectivity index (χ1) is 14.7. The molecule has 30 heavy (non-hydrogen) atoms. The minimum Gasteiger partial charge on any atom is -0.493 e. The molecule has 1 aromatic carbocycles. The van der Waals surface area contributed by atoms with Crippen LogP contribution in [0.3, 0.4) is 0 Å². The fraction of sp³-hybridized carbons (Fsp3) is 0.652. The summed E-state index contributed by atoms with van der Waals surface area (Å²) in [4.78, 5) is 14.5. The highest BCUT2D eigenvalue weighted by Crippen LogP contribution is 2.37. The van der Waals surface area contributed by atoms with Crippen molar-refractivity contribution in [2.45, 2.75) is 38.0 Å². The Morgan fingerprint density at radius 1 is 1.10 bits per heavy atom. The Kier molecular flexibility index (Phi) is 6.89. The molecule has 1 N–H and O–H groups in total. The predicted molar refractivity (Wildman–Crippen MR) is 121 cm³/mol. The number of piperidine rings is 1. The molecular formula is C23H35N5O2. The molecule has 4 rings (SSSR count). The fourth-order valence-electron chi connectivity index (χ4n) is 4.72. The van der Waals surface area contributed by atoms with Crippen molar-refractivity contribution in [3.63, 3.8) is 0 Å². The first kappa shape index (κ1) is 21.1. The Balaban J connectivity index is 1.57. The minimum absolute atomic E-state index is 0.401. The molecule has 2 aliphatic rings. The number of aromatic nitrogens is 2. The lowest BCUT2D eigenvalue weighted by atomic mass is 9.92. The Morgan fingerprint density at radius 3 is 2.67 bits per heavy atom. The Bertz CT molecular complexity index is 853. The van der Waals surface area contributed by atoms with Gasteiger partial charge in [-0.1, -0.05) is 0 Å². The van der Waals surface area contributed by atoms with Crippen molar-refractivity contribution >= 4 is 16.9 Å². The van der Waals surface area contributed by atoms with Gasteiger partial charge in [0.2, 0.25) is 5.95 Å². The standard InChI is InChI=1S/C23H35N5O2/c1-24-23-25-19-15-21(30-13-7-12-28-10-4-5-11-28)20(29-3)14-18(19)22(26-23)17-8-6-9-27(2)16-17/h14-15,17H,4-13,16H2,1-3H3,(H,24,25,26). The summed E-state index contributed by atoms with van der Waals surface area (Å²) < 4.78 is 11.8. The van der Waals surface area contributed by atoms with Crippen LogP contribution in [0.1, 0.15) is 43.7 Å². The third-order valence-electron chi connectivity index (χ3n) is 6.32. The minimum atomic E-state index is 0.401. The van der Waals surface area contributed by atoms with Crippen molar-refractivity contribution < 1.29 is 9.47 Å². The first-order valence-electron chi connectivity index (χ1n) is 11.3. The quantitative estimate of drug-likeness (QED) is 0.666. The van der Waals surface area contributed by atoms with E-state index in [0.29, 0.717) is 18.5 Å². The van der Waals surface area contributed by atoms with Crippen LogP contribution >= 0.6 is 0 Å². The summed E-state index contributed by atoms with van der Waals surface area (Å²) in [5.74, 6) is 2.59. The van der Waals surface area contributed by atoms with Gasteiger partial charge in [-0.05, 0) is 64.9 Å². The summed E-state index contributed by atoms with van der Waals surface area (Å²) in [5.41, 5.74) is 2.02. The third kappa shape index (κ3) is 4.78. The molecule has 0 radical (unpaired) electrons. The van der Waals surface area contributed by atoms with Crippen LogP contribution in [0.15, 0.2) is 12.1 Å². The number of nitrogens with one attached hydrogen (secondary N) is 1. The second-order valence-corrected chi connectivity index (χ2v) is 8.55. The van der Waals surface area contributed by atoms with E-state index in [4.69, 9.17) is 19.4 Å². The van der Waals surface area contributed by atoms with Crippen molar-refractivity contribution in [2.24, 2.45) is 0 Å². The third-order valence-corrected chi connectivity index (χ3v) is 6.32. The molecule has 7 nitrogen and oxygen atoms in total. The molecule has 2 aromatic rings. The molecule has 7 heteroatoms. The highest BCUT2D eigenvalue weighted by molar-refractivity contribution is 5.86. The van der Waals surface area contributed by atoms with Gasteiger partial charge in [0.25, 0.3) is 0 Å². The van der Waals surface area contributed by atoms with Gasteiger partial charge in [-0.25, -0.2) is 9.97 Å². The lowest BCUT2D eigenvalue weighted by Crippen LogP contribution is -2.31. The van der Waals surface area contributed by atoms with Crippen LogP contribution < -0.4 is 14.8 Å². The van der Waals surface area contributed by atoms with Crippen LogP contribution in [0.4, 0.5) is 5.95 Å². The maximum Gasteiger partial charge on any atom is 0.223 e. The number of benzene rings is 1. The predicted octanol–water partition coefficient (Wildman–Crippen LogP) is 3.35. The maximum absolute atomic E-state index is 6.13. The molecule has 2 fully saturated rings. The molecular weight excluding hydrogens is 378 g/mol. The summed E-state index contributed by atoms with van der Waals surface area (Å²) in [6, 6.07) is 4.08. The number of anilines is 1. The van der Waals surface area contributed by atoms with Gasteiger partial charge in [-0.3, -0.25) is 0 Å². The van der Waals surface area contributed by atoms with Crippen LogP contribution in [0.2, 0.25) is 0 Å². The van der Waals surface area contributed by atoms with Gasteiger partial charge in [0.05, 0.1) is 24.9 Å². The number of hydrogen-bond donors (Lipinski definition) is 1. The smallest absolute Gasteiger partial charge is 0.223 e. The van der Waals surface area contributed by atoms with Gasteiger partial charge in [0.15, 0.2) is 11.5 Å². The molecule has 0 amide bonds. The summed E-state index contributed by atoms with van der Waals surface area (Å²) in [6.45, 7) is 6.40. The van der Waals surface area contributed by atoms with Crippen molar-refractivity contribution in [1.29, 1.82) is 0 Å². The normalized spacial score (nSPS) is 20.6. The number of rotatable bonds is 8. The van der Waals surface area contributed by atoms with Crippen LogP contribution in [-0.4, -0.2) is 80.3 Å². The summed E-state index contributed by atoms with van der Waals surface area (Å²) >= 11 is 0. The average Bonchev–Trinajstić information content (AvgIpc) is 3.29. The number of methoxy groups -OCH3 is 1.